The maximum Gasteiger partial charge on any atom is 0.203 e. The summed E-state index contributed by atoms with van der Waals surface area (Å²) in [5, 5.41) is 10.3. The second-order valence-corrected chi connectivity index (χ2v) is 3.22. The zero-order valence-corrected chi connectivity index (χ0v) is 7.89. The van der Waals surface area contributed by atoms with E-state index in [-0.39, 0.29) is 17.0 Å². The molecule has 68 valence electrons. The normalized spacial score (nSPS) is 30.8. The molecule has 2 N–H and O–H groups in total. The minimum atomic E-state index is -0.944. The van der Waals surface area contributed by atoms with Gasteiger partial charge in [0.05, 0.1) is 5.88 Å². The van der Waals surface area contributed by atoms with Crippen molar-refractivity contribution in [3.8, 4) is 0 Å². The van der Waals surface area contributed by atoms with E-state index in [0.717, 1.165) is 0 Å². The predicted molar refractivity (Wildman–Crippen MR) is 53.5 cm³/mol. The van der Waals surface area contributed by atoms with Gasteiger partial charge in [-0.1, -0.05) is 0 Å². The molecule has 2 heterocycles. The lowest BCUT2D eigenvalue weighted by Crippen LogP contribution is -2.55. The molecule has 0 fully saturated rings. The fraction of sp³-hybridized carbons (Fsp3) is 0.333. The van der Waals surface area contributed by atoms with Gasteiger partial charge in [-0.25, -0.2) is 15.0 Å². The van der Waals surface area contributed by atoms with E-state index in [1.165, 1.54) is 6.34 Å². The van der Waals surface area contributed by atoms with E-state index in [0.29, 0.717) is 5.84 Å². The summed E-state index contributed by atoms with van der Waals surface area (Å²) >= 11 is 11.3. The summed E-state index contributed by atoms with van der Waals surface area (Å²) in [5.41, 5.74) is -0.944. The number of aliphatic imine (C=N–C) groups is 3. The van der Waals surface area contributed by atoms with Gasteiger partial charge in [-0.15, -0.1) is 11.6 Å². The number of amidine groups is 3. The second kappa shape index (κ2) is 2.78. The maximum absolute atomic E-state index is 7.64. The van der Waals surface area contributed by atoms with Crippen LogP contribution in [0.5, 0.6) is 0 Å². The van der Waals surface area contributed by atoms with Crippen LogP contribution in [0.4, 0.5) is 0 Å². The molecule has 0 aromatic carbocycles. The van der Waals surface area contributed by atoms with Crippen LogP contribution in [-0.2, 0) is 0 Å². The minimum absolute atomic E-state index is 0.106. The molecule has 0 radical (unpaired) electrons. The number of nitrogens with zero attached hydrogens (tertiary/aromatic N) is 3. The summed E-state index contributed by atoms with van der Waals surface area (Å²) in [6.07, 6.45) is 1.34. The highest BCUT2D eigenvalue weighted by atomic mass is 35.5. The van der Waals surface area contributed by atoms with Crippen LogP contribution in [0.2, 0.25) is 0 Å². The average Bonchev–Trinajstić information content (AvgIpc) is 2.48. The van der Waals surface area contributed by atoms with Gasteiger partial charge in [0.15, 0.2) is 11.4 Å². The van der Waals surface area contributed by atoms with Crippen molar-refractivity contribution in [3.05, 3.63) is 0 Å². The highest BCUT2D eigenvalue weighted by molar-refractivity contribution is 6.68. The SMILES string of the molecule is N=C1NC(Cl)=NC2=NC=NC12CCl. The third-order valence-electron chi connectivity index (χ3n) is 1.87. The lowest BCUT2D eigenvalue weighted by atomic mass is 9.99. The van der Waals surface area contributed by atoms with Crippen molar-refractivity contribution in [2.75, 3.05) is 5.88 Å². The Morgan fingerprint density at radius 2 is 2.38 bits per heavy atom. The summed E-state index contributed by atoms with van der Waals surface area (Å²) in [6, 6.07) is 0. The van der Waals surface area contributed by atoms with Crippen molar-refractivity contribution in [1.29, 1.82) is 5.41 Å². The average molecular weight is 218 g/mol. The molecule has 0 aromatic heterocycles. The van der Waals surface area contributed by atoms with E-state index < -0.39 is 5.54 Å². The molecule has 1 atom stereocenters. The zero-order chi connectivity index (χ0) is 9.47. The Bertz CT molecular complexity index is 358. The molecule has 0 saturated heterocycles. The molecule has 2 aliphatic rings. The van der Waals surface area contributed by atoms with Crippen LogP contribution < -0.4 is 5.32 Å². The van der Waals surface area contributed by atoms with Crippen LogP contribution in [-0.4, -0.2) is 34.7 Å². The van der Waals surface area contributed by atoms with E-state index in [1.54, 1.807) is 0 Å². The molecule has 0 aromatic rings. The zero-order valence-electron chi connectivity index (χ0n) is 6.38. The number of hydrogen-bond donors (Lipinski definition) is 2. The van der Waals surface area contributed by atoms with Crippen LogP contribution in [0.25, 0.3) is 0 Å². The van der Waals surface area contributed by atoms with Crippen molar-refractivity contribution in [2.24, 2.45) is 15.0 Å². The van der Waals surface area contributed by atoms with Gasteiger partial charge < -0.3 is 5.32 Å². The summed E-state index contributed by atoms with van der Waals surface area (Å²) in [6.45, 7) is 0. The van der Waals surface area contributed by atoms with E-state index in [9.17, 15) is 0 Å². The third kappa shape index (κ3) is 1.08. The van der Waals surface area contributed by atoms with Crippen molar-refractivity contribution in [3.63, 3.8) is 0 Å². The molecular formula is C6H5Cl2N5. The minimum Gasteiger partial charge on any atom is -0.317 e. The van der Waals surface area contributed by atoms with Crippen LogP contribution in [0.15, 0.2) is 15.0 Å². The number of hydrogen-bond acceptors (Lipinski definition) is 4. The van der Waals surface area contributed by atoms with Crippen LogP contribution in [0.3, 0.4) is 0 Å². The van der Waals surface area contributed by atoms with Crippen LogP contribution >= 0.6 is 23.2 Å². The Kier molecular flexibility index (Phi) is 1.85. The van der Waals surface area contributed by atoms with Gasteiger partial charge in [0.2, 0.25) is 5.29 Å². The van der Waals surface area contributed by atoms with Gasteiger partial charge >= 0.3 is 0 Å². The number of alkyl halides is 1. The summed E-state index contributed by atoms with van der Waals surface area (Å²) in [7, 11) is 0. The van der Waals surface area contributed by atoms with E-state index in [4.69, 9.17) is 28.6 Å². The highest BCUT2D eigenvalue weighted by Crippen LogP contribution is 2.24. The second-order valence-electron chi connectivity index (χ2n) is 2.59. The Balaban J connectivity index is 2.52. The molecule has 0 amide bonds. The number of nitrogens with one attached hydrogen (secondary N) is 2. The van der Waals surface area contributed by atoms with E-state index in [1.807, 2.05) is 0 Å². The fourth-order valence-electron chi connectivity index (χ4n) is 1.13. The smallest absolute Gasteiger partial charge is 0.203 e. The molecule has 1 unspecified atom stereocenters. The summed E-state index contributed by atoms with van der Waals surface area (Å²) in [5.74, 6) is 0.605. The monoisotopic (exact) mass is 217 g/mol. The lowest BCUT2D eigenvalue weighted by molar-refractivity contribution is 0.812. The van der Waals surface area contributed by atoms with Crippen LogP contribution in [0.1, 0.15) is 0 Å². The number of halogens is 2. The fourth-order valence-corrected chi connectivity index (χ4v) is 1.63. The molecule has 7 heteroatoms. The number of rotatable bonds is 1. The maximum atomic E-state index is 7.64. The molecule has 2 aliphatic heterocycles. The quantitative estimate of drug-likeness (QED) is 0.490. The molecule has 0 aliphatic carbocycles. The lowest BCUT2D eigenvalue weighted by Gasteiger charge is -2.27. The Morgan fingerprint density at radius 3 is 3.08 bits per heavy atom. The van der Waals surface area contributed by atoms with Gasteiger partial charge in [0.1, 0.15) is 12.2 Å². The first-order chi connectivity index (χ1) is 6.19. The van der Waals surface area contributed by atoms with Gasteiger partial charge in [0, 0.05) is 0 Å². The summed E-state index contributed by atoms with van der Waals surface area (Å²) in [4.78, 5) is 11.8. The largest absolute Gasteiger partial charge is 0.317 e. The topological polar surface area (TPSA) is 73.0 Å². The molecule has 5 nitrogen and oxygen atoms in total. The first-order valence-electron chi connectivity index (χ1n) is 3.47. The Hall–Kier alpha value is -0.940. The predicted octanol–water partition coefficient (Wildman–Crippen LogP) is 0.580. The number of fused-ring (bicyclic) bond motifs is 1. The van der Waals surface area contributed by atoms with Crippen molar-refractivity contribution < 1.29 is 0 Å². The van der Waals surface area contributed by atoms with Gasteiger partial charge in [-0.05, 0) is 11.6 Å². The van der Waals surface area contributed by atoms with Gasteiger partial charge in [-0.2, -0.15) is 0 Å². The van der Waals surface area contributed by atoms with Gasteiger partial charge in [-0.3, -0.25) is 5.41 Å². The van der Waals surface area contributed by atoms with Crippen molar-refractivity contribution >= 4 is 46.5 Å². The van der Waals surface area contributed by atoms with Crippen molar-refractivity contribution in [1.82, 2.24) is 5.32 Å². The van der Waals surface area contributed by atoms with E-state index in [2.05, 4.69) is 20.3 Å². The van der Waals surface area contributed by atoms with Gasteiger partial charge in [0.25, 0.3) is 0 Å². The molecule has 0 bridgehead atoms. The summed E-state index contributed by atoms with van der Waals surface area (Å²) < 4.78 is 0. The molecule has 0 spiro atoms. The first-order valence-corrected chi connectivity index (χ1v) is 4.38. The first kappa shape index (κ1) is 8.65. The highest BCUT2D eigenvalue weighted by Gasteiger charge is 2.45. The molecule has 13 heavy (non-hydrogen) atoms. The standard InChI is InChI=1S/C6H5Cl2N5/c7-1-6-3(9)12-5(8)13-4(6)10-2-11-6/h2H,1H2,(H2,9,10,11,12,13). The van der Waals surface area contributed by atoms with Crippen LogP contribution in [0, 0.1) is 5.41 Å². The molecule has 2 rings (SSSR count). The Morgan fingerprint density at radius 1 is 1.62 bits per heavy atom. The Labute approximate surface area is 84.1 Å². The van der Waals surface area contributed by atoms with E-state index >= 15 is 0 Å². The molecule has 0 saturated carbocycles. The van der Waals surface area contributed by atoms with Crippen molar-refractivity contribution in [2.45, 2.75) is 5.54 Å². The molecular weight excluding hydrogens is 213 g/mol. The third-order valence-corrected chi connectivity index (χ3v) is 2.43.